The molecule has 188 valence electrons. The number of ether oxygens (including phenoxy) is 1. The molecule has 0 aromatic rings. The zero-order valence-corrected chi connectivity index (χ0v) is 19.1. The number of carbonyl (C=O) groups excluding carboxylic acids is 1. The van der Waals surface area contributed by atoms with Gasteiger partial charge in [0.15, 0.2) is 12.3 Å². The van der Waals surface area contributed by atoms with Crippen molar-refractivity contribution in [2.45, 2.75) is 30.6 Å². The minimum absolute atomic E-state index is 0.0172. The van der Waals surface area contributed by atoms with Crippen LogP contribution in [0.15, 0.2) is 9.98 Å². The lowest BCUT2D eigenvalue weighted by atomic mass is 10.1. The van der Waals surface area contributed by atoms with Crippen LogP contribution in [0.5, 0.6) is 0 Å². The number of hydrogen-bond acceptors (Lipinski definition) is 15. The number of nitrogens with two attached hydrogens (primary N) is 1. The average molecular weight is 538 g/mol. The van der Waals surface area contributed by atoms with Gasteiger partial charge in [-0.05, 0) is 7.05 Å². The van der Waals surface area contributed by atoms with E-state index in [0.29, 0.717) is 0 Å². The van der Waals surface area contributed by atoms with Gasteiger partial charge in [-0.2, -0.15) is 14.3 Å². The highest BCUT2D eigenvalue weighted by molar-refractivity contribution is 7.66. The molecule has 3 rings (SSSR count). The van der Waals surface area contributed by atoms with Crippen molar-refractivity contribution in [2.75, 3.05) is 20.3 Å². The molecule has 0 saturated carbocycles. The van der Waals surface area contributed by atoms with E-state index in [2.05, 4.69) is 23.1 Å². The van der Waals surface area contributed by atoms with Gasteiger partial charge in [0.25, 0.3) is 13.7 Å². The molecule has 0 aromatic carbocycles. The molecule has 19 nitrogen and oxygen atoms in total. The highest BCUT2D eigenvalue weighted by Gasteiger charge is 2.52. The van der Waals surface area contributed by atoms with Crippen LogP contribution in [0, 0.1) is 0 Å². The summed E-state index contributed by atoms with van der Waals surface area (Å²) in [6, 6.07) is -0.927. The third kappa shape index (κ3) is 6.11. The molecule has 2 fully saturated rings. The van der Waals surface area contributed by atoms with Crippen LogP contribution >= 0.6 is 23.5 Å². The van der Waals surface area contributed by atoms with Crippen LogP contribution < -0.4 is 10.6 Å². The van der Waals surface area contributed by atoms with E-state index < -0.39 is 66.6 Å². The Hall–Kier alpha value is -1.14. The normalized spacial score (nSPS) is 34.5. The van der Waals surface area contributed by atoms with Gasteiger partial charge in [0.05, 0.1) is 13.3 Å². The zero-order chi connectivity index (χ0) is 24.9. The Morgan fingerprint density at radius 1 is 1.18 bits per heavy atom. The summed E-state index contributed by atoms with van der Waals surface area (Å²) < 4.78 is 50.4. The molecule has 3 aliphatic rings. The van der Waals surface area contributed by atoms with Crippen molar-refractivity contribution in [3.05, 3.63) is 0 Å². The van der Waals surface area contributed by atoms with Gasteiger partial charge in [0.1, 0.15) is 24.1 Å². The van der Waals surface area contributed by atoms with Gasteiger partial charge in [-0.15, -0.1) is 0 Å². The molecule has 7 atom stereocenters. The molecule has 0 aromatic heterocycles. The molecule has 3 aliphatic heterocycles. The van der Waals surface area contributed by atoms with Crippen molar-refractivity contribution in [1.29, 1.82) is 0 Å². The highest BCUT2D eigenvalue weighted by Crippen LogP contribution is 2.65. The van der Waals surface area contributed by atoms with E-state index in [1.54, 1.807) is 7.05 Å². The first kappa shape index (κ1) is 26.5. The van der Waals surface area contributed by atoms with Crippen LogP contribution in [0.1, 0.15) is 0 Å². The Balaban J connectivity index is 1.67. The summed E-state index contributed by atoms with van der Waals surface area (Å²) in [5, 5.41) is 20.6. The monoisotopic (exact) mass is 538 g/mol. The maximum absolute atomic E-state index is 12.1. The number of carbonyl (C=O) groups is 1. The molecule has 0 aliphatic carbocycles. The van der Waals surface area contributed by atoms with Gasteiger partial charge in [0, 0.05) is 0 Å². The van der Waals surface area contributed by atoms with Crippen LogP contribution in [-0.2, 0) is 36.4 Å². The molecule has 3 heterocycles. The summed E-state index contributed by atoms with van der Waals surface area (Å²) in [5.41, 5.74) is 5.50. The van der Waals surface area contributed by atoms with Crippen molar-refractivity contribution >= 4 is 41.2 Å². The predicted molar refractivity (Wildman–Crippen MR) is 101 cm³/mol. The number of aliphatic imine (C=N–C) groups is 2. The van der Waals surface area contributed by atoms with Crippen LogP contribution in [0.4, 0.5) is 0 Å². The maximum atomic E-state index is 12.1. The predicted octanol–water partition coefficient (Wildman–Crippen LogP) is -4.03. The molecule has 2 saturated heterocycles. The topological polar surface area (TPSA) is 287 Å². The van der Waals surface area contributed by atoms with Crippen molar-refractivity contribution in [1.82, 2.24) is 9.80 Å². The third-order valence-corrected chi connectivity index (χ3v) is 8.26. The molecule has 22 heteroatoms. The minimum Gasteiger partial charge on any atom is -0.756 e. The molecule has 0 spiro atoms. The molecule has 7 N–H and O–H groups in total. The molecule has 7 unspecified atom stereocenters. The molecule has 33 heavy (non-hydrogen) atoms. The first-order valence-corrected chi connectivity index (χ1v) is 13.2. The Kier molecular flexibility index (Phi) is 7.33. The highest BCUT2D eigenvalue weighted by atomic mass is 31.3. The fourth-order valence-corrected chi connectivity index (χ4v) is 6.28. The molecule has 0 radical (unpaired) electrons. The summed E-state index contributed by atoms with van der Waals surface area (Å²) in [6.45, 7) is -1.07. The maximum Gasteiger partial charge on any atom is 0.487 e. The lowest BCUT2D eigenvalue weighted by molar-refractivity contribution is -0.221. The Labute approximate surface area is 184 Å². The number of hydrogen-bond donors (Lipinski definition) is 6. The van der Waals surface area contributed by atoms with E-state index in [9.17, 15) is 33.6 Å². The van der Waals surface area contributed by atoms with E-state index in [4.69, 9.17) is 25.2 Å². The number of likely N-dealkylation sites (N-methyl/N-ethyl adjacent to an activating group) is 1. The number of aliphatic hydroxyl groups is 2. The number of nitrogens with zero attached hydrogens (tertiary/aromatic N) is 4. The van der Waals surface area contributed by atoms with Crippen LogP contribution in [0.25, 0.3) is 0 Å². The molecule has 0 bridgehead atoms. The number of amides is 1. The number of amidine groups is 1. The quantitative estimate of drug-likeness (QED) is 0.160. The minimum atomic E-state index is -5.79. The van der Waals surface area contributed by atoms with Crippen LogP contribution in [-0.4, -0.2) is 103 Å². The van der Waals surface area contributed by atoms with Gasteiger partial charge < -0.3 is 49.7 Å². The number of phosphoric acid groups is 3. The third-order valence-electron chi connectivity index (χ3n) is 4.50. The number of phosphoric ester groups is 1. The summed E-state index contributed by atoms with van der Waals surface area (Å²) in [4.78, 5) is 60.2. The van der Waals surface area contributed by atoms with Gasteiger partial charge in [0.2, 0.25) is 5.96 Å². The van der Waals surface area contributed by atoms with Gasteiger partial charge in [-0.3, -0.25) is 14.3 Å². The first-order chi connectivity index (χ1) is 15.0. The van der Waals surface area contributed by atoms with Crippen molar-refractivity contribution in [3.8, 4) is 0 Å². The lowest BCUT2D eigenvalue weighted by Gasteiger charge is -2.28. The standard InChI is InChI=1S/C11H20N5O14P3/c1-15-3-16(8-5(15)9(19)14-11(12)13-8)10-7(18)6(17)4(28-10)2-27-32(23,24)30-33(25,26)29-31(20,21)22/h4-7,10,17-18H,2-3H2,1H3,(H,23,24)(H,25,26)(H2,12,14,19)(H2,20,21,22)/p-1. The second-order valence-corrected chi connectivity index (χ2v) is 11.3. The largest absolute Gasteiger partial charge is 0.756 e. The van der Waals surface area contributed by atoms with Gasteiger partial charge in [-0.25, -0.2) is 13.4 Å². The van der Waals surface area contributed by atoms with Crippen molar-refractivity contribution < 1.29 is 66.2 Å². The number of aliphatic hydroxyl groups excluding tert-OH is 2. The summed E-state index contributed by atoms with van der Waals surface area (Å²) in [6.07, 6.45) is -6.27. The Morgan fingerprint density at radius 3 is 2.42 bits per heavy atom. The van der Waals surface area contributed by atoms with Crippen LogP contribution in [0.3, 0.4) is 0 Å². The van der Waals surface area contributed by atoms with Crippen LogP contribution in [0.2, 0.25) is 0 Å². The molecular weight excluding hydrogens is 519 g/mol. The average Bonchev–Trinajstić information content (AvgIpc) is 3.07. The Bertz CT molecular complexity index is 1010. The second-order valence-electron chi connectivity index (χ2n) is 6.96. The Morgan fingerprint density at radius 2 is 1.82 bits per heavy atom. The number of guanidine groups is 1. The number of fused-ring (bicyclic) bond motifs is 1. The molecular formula is C11H19N5O14P3-. The number of rotatable bonds is 8. The lowest BCUT2D eigenvalue weighted by Crippen LogP contribution is -2.48. The fourth-order valence-electron chi connectivity index (χ4n) is 3.29. The summed E-state index contributed by atoms with van der Waals surface area (Å²) in [5.74, 6) is -0.887. The van der Waals surface area contributed by atoms with E-state index in [1.807, 2.05) is 0 Å². The SMILES string of the molecule is CN1CN(C2OC(COP(=O)([O-])OP(=O)(O)OP(=O)(O)O)C(O)C2O)C2=NC(N)=NC(=O)C21. The molecule has 1 amide bonds. The summed E-state index contributed by atoms with van der Waals surface area (Å²) >= 11 is 0. The van der Waals surface area contributed by atoms with Gasteiger partial charge >= 0.3 is 15.6 Å². The fraction of sp³-hybridized carbons (Fsp3) is 0.727. The zero-order valence-electron chi connectivity index (χ0n) is 16.4. The van der Waals surface area contributed by atoms with E-state index in [-0.39, 0.29) is 18.5 Å². The van der Waals surface area contributed by atoms with E-state index in [1.165, 1.54) is 9.80 Å². The smallest absolute Gasteiger partial charge is 0.487 e. The summed E-state index contributed by atoms with van der Waals surface area (Å²) in [7, 11) is -15.6. The first-order valence-electron chi connectivity index (χ1n) is 8.71. The van der Waals surface area contributed by atoms with E-state index >= 15 is 0 Å². The van der Waals surface area contributed by atoms with Gasteiger partial charge in [-0.1, -0.05) is 0 Å². The van der Waals surface area contributed by atoms with Crippen molar-refractivity contribution in [2.24, 2.45) is 15.7 Å². The van der Waals surface area contributed by atoms with E-state index in [0.717, 1.165) is 0 Å². The van der Waals surface area contributed by atoms with Crippen molar-refractivity contribution in [3.63, 3.8) is 0 Å². The second kappa shape index (κ2) is 9.14.